The molecular formula is C35H33F2N5O2S. The van der Waals surface area contributed by atoms with Gasteiger partial charge in [0.1, 0.15) is 18.0 Å². The number of halogens is 2. The fourth-order valence-corrected chi connectivity index (χ4v) is 6.37. The molecule has 1 aliphatic heterocycles. The first kappa shape index (κ1) is 30.6. The number of carbonyl (C=O) groups excluding carboxylic acids is 1. The smallest absolute Gasteiger partial charge is 0.258 e. The fourth-order valence-electron chi connectivity index (χ4n) is 5.40. The van der Waals surface area contributed by atoms with Gasteiger partial charge in [0, 0.05) is 28.1 Å². The molecule has 6 rings (SSSR count). The summed E-state index contributed by atoms with van der Waals surface area (Å²) < 4.78 is 32.2. The van der Waals surface area contributed by atoms with Crippen LogP contribution >= 0.6 is 11.9 Å². The number of anilines is 1. The lowest BCUT2D eigenvalue weighted by Gasteiger charge is -2.18. The second kappa shape index (κ2) is 12.2. The fraction of sp³-hybridized carbons (Fsp3) is 0.229. The number of aliphatic hydroxyl groups is 1. The summed E-state index contributed by atoms with van der Waals surface area (Å²) in [6.07, 6.45) is 4.48. The Hall–Kier alpha value is -4.38. The second-order valence-electron chi connectivity index (χ2n) is 11.7. The third-order valence-corrected chi connectivity index (χ3v) is 9.00. The van der Waals surface area contributed by atoms with Gasteiger partial charge in [0.05, 0.1) is 22.6 Å². The van der Waals surface area contributed by atoms with Crippen LogP contribution in [0.15, 0.2) is 78.0 Å². The maximum absolute atomic E-state index is 15.2. The molecule has 0 unspecified atom stereocenters. The standard InChI is InChI=1S/C35H33F2N5O2S/c1-20-5-8-25(9-6-20)45-42-31(22-11-13-38-14-12-22)18-28-32(39-19-40-33(28)42)27-16-24(36)17-30(21(27)2)41-34(43)26-10-7-23(15-29(26)37)35(3,4)44/h5-11,15-19,38,44H,12-14H2,1-4H3,(H,41,43). The molecule has 0 aliphatic carbocycles. The van der Waals surface area contributed by atoms with Gasteiger partial charge in [-0.2, -0.15) is 0 Å². The van der Waals surface area contributed by atoms with Crippen LogP contribution in [0, 0.1) is 25.5 Å². The van der Waals surface area contributed by atoms with Crippen molar-refractivity contribution < 1.29 is 18.7 Å². The molecule has 0 atom stereocenters. The van der Waals surface area contributed by atoms with Crippen molar-refractivity contribution in [3.63, 3.8) is 0 Å². The highest BCUT2D eigenvalue weighted by molar-refractivity contribution is 7.98. The van der Waals surface area contributed by atoms with Crippen molar-refractivity contribution in [2.45, 2.75) is 44.6 Å². The normalized spacial score (nSPS) is 13.6. The van der Waals surface area contributed by atoms with E-state index in [0.29, 0.717) is 28.0 Å². The number of hydrogen-bond donors (Lipinski definition) is 3. The molecule has 1 aliphatic rings. The van der Waals surface area contributed by atoms with Gasteiger partial charge in [0.15, 0.2) is 5.65 Å². The van der Waals surface area contributed by atoms with Crippen LogP contribution in [-0.2, 0) is 5.60 Å². The Bertz CT molecular complexity index is 1960. The number of nitrogens with zero attached hydrogens (tertiary/aromatic N) is 3. The van der Waals surface area contributed by atoms with E-state index < -0.39 is 23.1 Å². The van der Waals surface area contributed by atoms with E-state index in [1.165, 1.54) is 55.6 Å². The van der Waals surface area contributed by atoms with E-state index in [1.54, 1.807) is 18.9 Å². The zero-order valence-electron chi connectivity index (χ0n) is 25.4. The molecule has 1 amide bonds. The number of fused-ring (bicyclic) bond motifs is 1. The van der Waals surface area contributed by atoms with E-state index in [-0.39, 0.29) is 11.3 Å². The van der Waals surface area contributed by atoms with Gasteiger partial charge >= 0.3 is 0 Å². The Morgan fingerprint density at radius 2 is 1.82 bits per heavy atom. The predicted octanol–water partition coefficient (Wildman–Crippen LogP) is 7.41. The van der Waals surface area contributed by atoms with E-state index >= 15 is 4.39 Å². The molecule has 0 spiro atoms. The number of hydrogen-bond acceptors (Lipinski definition) is 6. The summed E-state index contributed by atoms with van der Waals surface area (Å²) in [7, 11) is 0. The molecule has 3 N–H and O–H groups in total. The van der Waals surface area contributed by atoms with E-state index in [4.69, 9.17) is 0 Å². The van der Waals surface area contributed by atoms with Crippen LogP contribution in [0.25, 0.3) is 27.9 Å². The van der Waals surface area contributed by atoms with Crippen molar-refractivity contribution >= 4 is 40.1 Å². The summed E-state index contributed by atoms with van der Waals surface area (Å²) in [6, 6.07) is 16.9. The zero-order valence-corrected chi connectivity index (χ0v) is 26.2. The quantitative estimate of drug-likeness (QED) is 0.175. The molecule has 10 heteroatoms. The minimum absolute atomic E-state index is 0.197. The number of aryl methyl sites for hydroxylation is 1. The lowest BCUT2D eigenvalue weighted by atomic mass is 9.96. The molecule has 3 aromatic carbocycles. The first-order valence-corrected chi connectivity index (χ1v) is 15.4. The van der Waals surface area contributed by atoms with Gasteiger partial charge < -0.3 is 15.7 Å². The van der Waals surface area contributed by atoms with Gasteiger partial charge in [0.25, 0.3) is 5.91 Å². The molecule has 0 bridgehead atoms. The minimum atomic E-state index is -1.27. The van der Waals surface area contributed by atoms with Crippen molar-refractivity contribution in [3.05, 3.63) is 113 Å². The Morgan fingerprint density at radius 1 is 1.04 bits per heavy atom. The highest BCUT2D eigenvalue weighted by Crippen LogP contribution is 2.39. The number of carbonyl (C=O) groups is 1. The molecular weight excluding hydrogens is 592 g/mol. The molecule has 0 fully saturated rings. The first-order valence-electron chi connectivity index (χ1n) is 14.7. The van der Waals surface area contributed by atoms with Gasteiger partial charge in [-0.1, -0.05) is 29.8 Å². The van der Waals surface area contributed by atoms with Gasteiger partial charge in [-0.3, -0.25) is 8.77 Å². The number of benzene rings is 3. The van der Waals surface area contributed by atoms with Crippen molar-refractivity contribution in [1.82, 2.24) is 19.3 Å². The Balaban J connectivity index is 1.42. The summed E-state index contributed by atoms with van der Waals surface area (Å²) in [6.45, 7) is 8.49. The molecule has 3 heterocycles. The number of amides is 1. The minimum Gasteiger partial charge on any atom is -0.386 e. The first-order chi connectivity index (χ1) is 21.5. The maximum atomic E-state index is 15.2. The van der Waals surface area contributed by atoms with E-state index in [9.17, 15) is 14.3 Å². The number of rotatable bonds is 7. The summed E-state index contributed by atoms with van der Waals surface area (Å²) in [5, 5.41) is 17.0. The number of nitrogens with one attached hydrogen (secondary N) is 2. The molecule has 230 valence electrons. The average Bonchev–Trinajstić information content (AvgIpc) is 3.38. The van der Waals surface area contributed by atoms with Gasteiger partial charge in [-0.15, -0.1) is 0 Å². The largest absolute Gasteiger partial charge is 0.386 e. The summed E-state index contributed by atoms with van der Waals surface area (Å²) in [4.78, 5) is 23.5. The topological polar surface area (TPSA) is 92.1 Å². The van der Waals surface area contributed by atoms with Crippen LogP contribution in [0.1, 0.15) is 53.0 Å². The average molecular weight is 626 g/mol. The van der Waals surface area contributed by atoms with Gasteiger partial charge in [-0.05, 0) is 112 Å². The SMILES string of the molecule is Cc1ccc(Sn2c(C3=CCNCC3)cc3c(-c4cc(F)cc(NC(=O)c5ccc(C(C)(C)O)cc5F)c4C)ncnc32)cc1. The monoisotopic (exact) mass is 625 g/mol. The molecule has 5 aromatic rings. The Labute approximate surface area is 264 Å². The van der Waals surface area contributed by atoms with Crippen LogP contribution < -0.4 is 10.6 Å². The van der Waals surface area contributed by atoms with Crippen molar-refractivity contribution in [3.8, 4) is 11.3 Å². The van der Waals surface area contributed by atoms with E-state index in [0.717, 1.165) is 41.6 Å². The molecule has 0 saturated heterocycles. The Kier molecular flexibility index (Phi) is 8.30. The van der Waals surface area contributed by atoms with Crippen molar-refractivity contribution in [2.75, 3.05) is 18.4 Å². The van der Waals surface area contributed by atoms with Crippen molar-refractivity contribution in [1.29, 1.82) is 0 Å². The molecule has 0 radical (unpaired) electrons. The Morgan fingerprint density at radius 3 is 2.51 bits per heavy atom. The summed E-state index contributed by atoms with van der Waals surface area (Å²) >= 11 is 1.56. The molecule has 45 heavy (non-hydrogen) atoms. The van der Waals surface area contributed by atoms with E-state index in [2.05, 4.69) is 54.9 Å². The lowest BCUT2D eigenvalue weighted by molar-refractivity contribution is 0.0780. The van der Waals surface area contributed by atoms with E-state index in [1.807, 2.05) is 13.0 Å². The predicted molar refractivity (Wildman–Crippen MR) is 175 cm³/mol. The van der Waals surface area contributed by atoms with Crippen molar-refractivity contribution in [2.24, 2.45) is 0 Å². The molecule has 2 aromatic heterocycles. The summed E-state index contributed by atoms with van der Waals surface area (Å²) in [5.74, 6) is -2.10. The maximum Gasteiger partial charge on any atom is 0.258 e. The van der Waals surface area contributed by atoms with Crippen LogP contribution in [0.2, 0.25) is 0 Å². The highest BCUT2D eigenvalue weighted by Gasteiger charge is 2.23. The van der Waals surface area contributed by atoms with Gasteiger partial charge in [0.2, 0.25) is 0 Å². The number of aromatic nitrogens is 3. The van der Waals surface area contributed by atoms with Crippen LogP contribution in [0.4, 0.5) is 14.5 Å². The third kappa shape index (κ3) is 6.26. The van der Waals surface area contributed by atoms with Crippen LogP contribution in [-0.4, -0.2) is 38.0 Å². The second-order valence-corrected chi connectivity index (χ2v) is 12.7. The molecule has 0 saturated carbocycles. The molecule has 7 nitrogen and oxygen atoms in total. The van der Waals surface area contributed by atoms with Crippen LogP contribution in [0.3, 0.4) is 0 Å². The third-order valence-electron chi connectivity index (χ3n) is 7.96. The van der Waals surface area contributed by atoms with Crippen LogP contribution in [0.5, 0.6) is 0 Å². The van der Waals surface area contributed by atoms with Gasteiger partial charge in [-0.25, -0.2) is 18.7 Å². The zero-order chi connectivity index (χ0) is 31.9. The highest BCUT2D eigenvalue weighted by atomic mass is 32.2. The summed E-state index contributed by atoms with van der Waals surface area (Å²) in [5.41, 5.74) is 4.64. The lowest BCUT2D eigenvalue weighted by Crippen LogP contribution is -2.20.